The molecule has 0 bridgehead atoms. The second-order valence-electron chi connectivity index (χ2n) is 8.25. The van der Waals surface area contributed by atoms with Crippen LogP contribution in [0.2, 0.25) is 0 Å². The molecule has 0 radical (unpaired) electrons. The van der Waals surface area contributed by atoms with E-state index in [0.29, 0.717) is 18.9 Å². The van der Waals surface area contributed by atoms with E-state index in [0.717, 1.165) is 41.9 Å². The number of rotatable bonds is 6. The Balaban J connectivity index is 1.61. The molecule has 0 aliphatic carbocycles. The minimum Gasteiger partial charge on any atom is -0.491 e. The minimum absolute atomic E-state index is 0.127. The molecule has 30 heavy (non-hydrogen) atoms. The van der Waals surface area contributed by atoms with Crippen molar-refractivity contribution < 1.29 is 14.1 Å². The Morgan fingerprint density at radius 2 is 2.23 bits per heavy atom. The number of hydrogen-bond acceptors (Lipinski definition) is 4. The lowest BCUT2D eigenvalue weighted by molar-refractivity contribution is 0.197. The normalized spacial score (nSPS) is 19.0. The number of urea groups is 1. The van der Waals surface area contributed by atoms with Gasteiger partial charge in [-0.3, -0.25) is 5.32 Å². The van der Waals surface area contributed by atoms with Crippen molar-refractivity contribution in [3.05, 3.63) is 46.7 Å². The topological polar surface area (TPSA) is 67.6 Å². The van der Waals surface area contributed by atoms with Crippen LogP contribution in [0.4, 0.5) is 10.6 Å². The molecule has 0 spiro atoms. The smallest absolute Gasteiger partial charge is 0.323 e. The summed E-state index contributed by atoms with van der Waals surface area (Å²) in [4.78, 5) is 14.5. The third kappa shape index (κ3) is 5.43. The van der Waals surface area contributed by atoms with Gasteiger partial charge in [-0.1, -0.05) is 49.2 Å². The summed E-state index contributed by atoms with van der Waals surface area (Å²) in [6.45, 7) is 11.5. The first kappa shape index (κ1) is 21.9. The van der Waals surface area contributed by atoms with Crippen molar-refractivity contribution in [2.75, 3.05) is 18.4 Å². The van der Waals surface area contributed by atoms with Crippen molar-refractivity contribution in [1.29, 1.82) is 0 Å². The van der Waals surface area contributed by atoms with Gasteiger partial charge in [0.15, 0.2) is 5.82 Å². The van der Waals surface area contributed by atoms with Gasteiger partial charge in [0.2, 0.25) is 0 Å². The van der Waals surface area contributed by atoms with Crippen molar-refractivity contribution in [2.45, 2.75) is 60.0 Å². The molecule has 1 saturated heterocycles. The average Bonchev–Trinajstić information content (AvgIpc) is 3.02. The summed E-state index contributed by atoms with van der Waals surface area (Å²) >= 11 is 0. The first-order valence-electron chi connectivity index (χ1n) is 10.8. The Morgan fingerprint density at radius 1 is 1.43 bits per heavy atom. The van der Waals surface area contributed by atoms with Crippen LogP contribution in [-0.2, 0) is 0 Å². The maximum absolute atomic E-state index is 12.6. The highest BCUT2D eigenvalue weighted by molar-refractivity contribution is 5.89. The van der Waals surface area contributed by atoms with Crippen LogP contribution in [0.1, 0.15) is 56.9 Å². The fourth-order valence-electron chi connectivity index (χ4n) is 3.75. The first-order valence-corrected chi connectivity index (χ1v) is 10.8. The number of nitrogens with zero attached hydrogens (tertiary/aromatic N) is 2. The molecule has 1 fully saturated rings. The van der Waals surface area contributed by atoms with E-state index in [2.05, 4.69) is 49.5 Å². The predicted molar refractivity (Wildman–Crippen MR) is 120 cm³/mol. The lowest BCUT2D eigenvalue weighted by Gasteiger charge is -2.33. The Labute approximate surface area is 179 Å². The number of carbonyl (C=O) groups is 1. The van der Waals surface area contributed by atoms with Crippen LogP contribution in [0, 0.1) is 19.8 Å². The van der Waals surface area contributed by atoms with Gasteiger partial charge < -0.3 is 14.2 Å². The van der Waals surface area contributed by atoms with E-state index < -0.39 is 0 Å². The Kier molecular flexibility index (Phi) is 7.19. The standard InChI is InChI=1S/C24H33N3O3/c1-6-8-17(3)29-22-10-7-9-20(14-22)13-21-11-12-27(15-16(21)2)24(28)25-23-18(4)19(5)30-26-23/h7,9-10,13-14,16-17H,6,8,11-12,15H2,1-5H3,(H,25,26,28). The summed E-state index contributed by atoms with van der Waals surface area (Å²) in [6, 6.07) is 8.12. The molecule has 2 atom stereocenters. The van der Waals surface area contributed by atoms with Crippen LogP contribution < -0.4 is 10.1 Å². The highest BCUT2D eigenvalue weighted by atomic mass is 16.5. The molecule has 1 aliphatic rings. The number of aryl methyl sites for hydroxylation is 1. The summed E-state index contributed by atoms with van der Waals surface area (Å²) in [7, 11) is 0. The van der Waals surface area contributed by atoms with Crippen LogP contribution in [0.25, 0.3) is 6.08 Å². The fraction of sp³-hybridized carbons (Fsp3) is 0.500. The summed E-state index contributed by atoms with van der Waals surface area (Å²) < 4.78 is 11.2. The molecular formula is C24H33N3O3. The van der Waals surface area contributed by atoms with Crippen LogP contribution >= 0.6 is 0 Å². The molecule has 3 rings (SSSR count). The van der Waals surface area contributed by atoms with Crippen LogP contribution in [0.15, 0.2) is 34.4 Å². The van der Waals surface area contributed by atoms with Gasteiger partial charge in [-0.2, -0.15) is 0 Å². The number of hydrogen-bond donors (Lipinski definition) is 1. The van der Waals surface area contributed by atoms with E-state index in [1.807, 2.05) is 30.9 Å². The molecule has 1 N–H and O–H groups in total. The summed E-state index contributed by atoms with van der Waals surface area (Å²) in [5, 5.41) is 6.79. The van der Waals surface area contributed by atoms with Crippen LogP contribution in [-0.4, -0.2) is 35.3 Å². The van der Waals surface area contributed by atoms with Crippen LogP contribution in [0.5, 0.6) is 5.75 Å². The third-order valence-corrected chi connectivity index (χ3v) is 5.71. The highest BCUT2D eigenvalue weighted by Gasteiger charge is 2.25. The minimum atomic E-state index is -0.127. The van der Waals surface area contributed by atoms with Crippen molar-refractivity contribution in [3.8, 4) is 5.75 Å². The zero-order chi connectivity index (χ0) is 21.7. The molecule has 2 heterocycles. The fourth-order valence-corrected chi connectivity index (χ4v) is 3.75. The molecule has 0 saturated carbocycles. The van der Waals surface area contributed by atoms with E-state index in [9.17, 15) is 4.79 Å². The van der Waals surface area contributed by atoms with E-state index in [1.54, 1.807) is 0 Å². The van der Waals surface area contributed by atoms with Gasteiger partial charge in [0, 0.05) is 18.7 Å². The van der Waals surface area contributed by atoms with E-state index >= 15 is 0 Å². The van der Waals surface area contributed by atoms with Crippen LogP contribution in [0.3, 0.4) is 0 Å². The molecule has 2 amide bonds. The van der Waals surface area contributed by atoms with Gasteiger partial charge in [-0.25, -0.2) is 4.79 Å². The van der Waals surface area contributed by atoms with E-state index in [-0.39, 0.29) is 18.1 Å². The molecule has 2 unspecified atom stereocenters. The van der Waals surface area contributed by atoms with Crippen molar-refractivity contribution in [3.63, 3.8) is 0 Å². The molecule has 2 aromatic rings. The number of carbonyl (C=O) groups excluding carboxylic acids is 1. The molecule has 1 aliphatic heterocycles. The number of amides is 2. The summed E-state index contributed by atoms with van der Waals surface area (Å²) in [5.41, 5.74) is 3.36. The molecule has 1 aromatic heterocycles. The van der Waals surface area contributed by atoms with Gasteiger partial charge in [0.1, 0.15) is 11.5 Å². The molecular weight excluding hydrogens is 378 g/mol. The lowest BCUT2D eigenvalue weighted by Crippen LogP contribution is -2.42. The summed E-state index contributed by atoms with van der Waals surface area (Å²) in [6.07, 6.45) is 5.47. The Hall–Kier alpha value is -2.76. The Morgan fingerprint density at radius 3 is 2.90 bits per heavy atom. The number of nitrogens with one attached hydrogen (secondary N) is 1. The van der Waals surface area contributed by atoms with E-state index in [1.165, 1.54) is 5.57 Å². The lowest BCUT2D eigenvalue weighted by atomic mass is 9.91. The quantitative estimate of drug-likeness (QED) is 0.651. The van der Waals surface area contributed by atoms with Crippen molar-refractivity contribution in [2.24, 2.45) is 5.92 Å². The largest absolute Gasteiger partial charge is 0.491 e. The Bertz CT molecular complexity index is 903. The highest BCUT2D eigenvalue weighted by Crippen LogP contribution is 2.27. The predicted octanol–water partition coefficient (Wildman–Crippen LogP) is 5.82. The zero-order valence-corrected chi connectivity index (χ0v) is 18.7. The molecule has 6 nitrogen and oxygen atoms in total. The zero-order valence-electron chi connectivity index (χ0n) is 18.7. The number of likely N-dealkylation sites (tertiary alicyclic amines) is 1. The maximum atomic E-state index is 12.6. The number of ether oxygens (including phenoxy) is 1. The van der Waals surface area contributed by atoms with Crippen molar-refractivity contribution in [1.82, 2.24) is 10.1 Å². The second-order valence-corrected chi connectivity index (χ2v) is 8.25. The molecule has 162 valence electrons. The SMILES string of the molecule is CCCC(C)Oc1cccc(C=C2CCN(C(=O)Nc3noc(C)c3C)CC2C)c1. The van der Waals surface area contributed by atoms with E-state index in [4.69, 9.17) is 9.26 Å². The van der Waals surface area contributed by atoms with Gasteiger partial charge in [-0.15, -0.1) is 0 Å². The number of anilines is 1. The number of piperidine rings is 1. The van der Waals surface area contributed by atoms with Gasteiger partial charge >= 0.3 is 6.03 Å². The molecule has 1 aromatic carbocycles. The molecule has 6 heteroatoms. The second kappa shape index (κ2) is 9.83. The van der Waals surface area contributed by atoms with Gasteiger partial charge in [-0.05, 0) is 57.2 Å². The summed E-state index contributed by atoms with van der Waals surface area (Å²) in [5.74, 6) is 2.42. The number of benzene rings is 1. The average molecular weight is 412 g/mol. The van der Waals surface area contributed by atoms with Crippen molar-refractivity contribution >= 4 is 17.9 Å². The van der Waals surface area contributed by atoms with Gasteiger partial charge in [0.05, 0.1) is 6.10 Å². The first-order chi connectivity index (χ1) is 14.4. The monoisotopic (exact) mass is 411 g/mol. The number of aromatic nitrogens is 1. The maximum Gasteiger partial charge on any atom is 0.323 e. The third-order valence-electron chi connectivity index (χ3n) is 5.71. The van der Waals surface area contributed by atoms with Gasteiger partial charge in [0.25, 0.3) is 0 Å².